The van der Waals surface area contributed by atoms with E-state index in [-0.39, 0.29) is 18.1 Å². The Morgan fingerprint density at radius 2 is 1.83 bits per heavy atom. The normalized spacial score (nSPS) is 11.9. The van der Waals surface area contributed by atoms with Crippen molar-refractivity contribution < 1.29 is 14.3 Å². The first kappa shape index (κ1) is 17.5. The molecule has 3 nitrogen and oxygen atoms in total. The number of rotatable bonds is 8. The van der Waals surface area contributed by atoms with Crippen molar-refractivity contribution in [3.8, 4) is 0 Å². The molecule has 0 fully saturated rings. The Balaban J connectivity index is 1.60. The van der Waals surface area contributed by atoms with Crippen molar-refractivity contribution in [1.29, 1.82) is 0 Å². The van der Waals surface area contributed by atoms with E-state index in [1.165, 1.54) is 12.1 Å². The van der Waals surface area contributed by atoms with E-state index in [0.717, 1.165) is 22.6 Å². The monoisotopic (exact) mass is 333 g/mol. The lowest BCUT2D eigenvalue weighted by atomic mass is 10.1. The molecule has 1 amide bonds. The highest BCUT2D eigenvalue weighted by Gasteiger charge is 2.11. The molecule has 0 radical (unpaired) electrons. The second-order valence-corrected chi connectivity index (χ2v) is 6.30. The summed E-state index contributed by atoms with van der Waals surface area (Å²) in [5, 5.41) is 12.8. The number of benzene rings is 2. The van der Waals surface area contributed by atoms with Gasteiger partial charge in [0.05, 0.1) is 12.5 Å². The van der Waals surface area contributed by atoms with Crippen LogP contribution in [0.1, 0.15) is 24.5 Å². The molecule has 2 rings (SSSR count). The number of carbonyl (C=O) groups is 1. The van der Waals surface area contributed by atoms with Gasteiger partial charge in [-0.1, -0.05) is 30.3 Å². The van der Waals surface area contributed by atoms with Crippen molar-refractivity contribution in [2.45, 2.75) is 23.8 Å². The number of hydrogen-bond donors (Lipinski definition) is 2. The predicted molar refractivity (Wildman–Crippen MR) is 90.8 cm³/mol. The van der Waals surface area contributed by atoms with Crippen LogP contribution >= 0.6 is 11.8 Å². The molecule has 0 saturated carbocycles. The predicted octanol–water partition coefficient (Wildman–Crippen LogP) is 3.55. The summed E-state index contributed by atoms with van der Waals surface area (Å²) in [7, 11) is 0. The highest BCUT2D eigenvalue weighted by atomic mass is 32.2. The highest BCUT2D eigenvalue weighted by Crippen LogP contribution is 2.19. The van der Waals surface area contributed by atoms with Crippen LogP contribution in [0.4, 0.5) is 4.39 Å². The van der Waals surface area contributed by atoms with Crippen LogP contribution < -0.4 is 5.32 Å². The van der Waals surface area contributed by atoms with E-state index in [1.807, 2.05) is 18.2 Å². The average molecular weight is 333 g/mol. The molecular weight excluding hydrogens is 313 g/mol. The fraction of sp³-hybridized carbons (Fsp3) is 0.278. The summed E-state index contributed by atoms with van der Waals surface area (Å²) in [5.41, 5.74) is 0.745. The van der Waals surface area contributed by atoms with Crippen LogP contribution in [-0.2, 0) is 4.79 Å². The molecule has 0 heterocycles. The van der Waals surface area contributed by atoms with Gasteiger partial charge < -0.3 is 10.4 Å². The molecule has 0 aromatic heterocycles. The van der Waals surface area contributed by atoms with Gasteiger partial charge in [0.1, 0.15) is 5.82 Å². The van der Waals surface area contributed by atoms with Crippen molar-refractivity contribution in [3.63, 3.8) is 0 Å². The second kappa shape index (κ2) is 9.33. The summed E-state index contributed by atoms with van der Waals surface area (Å²) in [5.74, 6) is 0.444. The summed E-state index contributed by atoms with van der Waals surface area (Å²) in [6, 6.07) is 15.5. The van der Waals surface area contributed by atoms with Crippen molar-refractivity contribution in [3.05, 3.63) is 66.0 Å². The number of carbonyl (C=O) groups excluding carboxylic acids is 1. The van der Waals surface area contributed by atoms with E-state index >= 15 is 0 Å². The molecule has 2 aromatic rings. The lowest BCUT2D eigenvalue weighted by Crippen LogP contribution is -2.26. The summed E-state index contributed by atoms with van der Waals surface area (Å²) in [6.07, 6.45) is 0.106. The number of hydrogen-bond acceptors (Lipinski definition) is 3. The largest absolute Gasteiger partial charge is 0.388 e. The minimum atomic E-state index is -0.773. The molecule has 1 unspecified atom stereocenters. The van der Waals surface area contributed by atoms with E-state index < -0.39 is 6.10 Å². The summed E-state index contributed by atoms with van der Waals surface area (Å²) in [6.45, 7) is 0.564. The molecule has 0 aliphatic heterocycles. The van der Waals surface area contributed by atoms with Gasteiger partial charge >= 0.3 is 0 Å². The lowest BCUT2D eigenvalue weighted by molar-refractivity contribution is -0.123. The van der Waals surface area contributed by atoms with Gasteiger partial charge in [0.25, 0.3) is 0 Å². The molecule has 0 aliphatic rings. The maximum absolute atomic E-state index is 12.8. The van der Waals surface area contributed by atoms with Crippen molar-refractivity contribution in [1.82, 2.24) is 5.32 Å². The first-order valence-corrected chi connectivity index (χ1v) is 8.52. The maximum Gasteiger partial charge on any atom is 0.222 e. The first-order chi connectivity index (χ1) is 11.1. The number of aliphatic hydroxyl groups is 1. The van der Waals surface area contributed by atoms with Gasteiger partial charge in [-0.25, -0.2) is 4.39 Å². The second-order valence-electron chi connectivity index (χ2n) is 5.14. The summed E-state index contributed by atoms with van der Waals surface area (Å²) >= 11 is 1.62. The van der Waals surface area contributed by atoms with Gasteiger partial charge in [0.15, 0.2) is 0 Å². The number of aliphatic hydroxyl groups excluding tert-OH is 1. The van der Waals surface area contributed by atoms with Gasteiger partial charge in [0.2, 0.25) is 5.91 Å². The van der Waals surface area contributed by atoms with Gasteiger partial charge in [-0.2, -0.15) is 0 Å². The van der Waals surface area contributed by atoms with Crippen molar-refractivity contribution in [2.24, 2.45) is 0 Å². The molecule has 1 atom stereocenters. The fourth-order valence-corrected chi connectivity index (χ4v) is 2.91. The van der Waals surface area contributed by atoms with E-state index in [0.29, 0.717) is 6.54 Å². The van der Waals surface area contributed by atoms with Gasteiger partial charge in [-0.05, 0) is 42.0 Å². The average Bonchev–Trinajstić information content (AvgIpc) is 2.57. The SMILES string of the molecule is O=C(CC(O)c1ccccc1)NCCCSc1ccc(F)cc1. The first-order valence-electron chi connectivity index (χ1n) is 7.53. The van der Waals surface area contributed by atoms with Crippen LogP contribution in [0.25, 0.3) is 0 Å². The smallest absolute Gasteiger partial charge is 0.222 e. The topological polar surface area (TPSA) is 49.3 Å². The zero-order valence-electron chi connectivity index (χ0n) is 12.7. The molecule has 2 N–H and O–H groups in total. The van der Waals surface area contributed by atoms with Crippen molar-refractivity contribution in [2.75, 3.05) is 12.3 Å². The van der Waals surface area contributed by atoms with Crippen LogP contribution in [-0.4, -0.2) is 23.3 Å². The number of nitrogens with one attached hydrogen (secondary N) is 1. The molecule has 0 spiro atoms. The minimum Gasteiger partial charge on any atom is -0.388 e. The Morgan fingerprint density at radius 3 is 2.52 bits per heavy atom. The molecule has 23 heavy (non-hydrogen) atoms. The third kappa shape index (κ3) is 6.42. The van der Waals surface area contributed by atoms with Crippen molar-refractivity contribution >= 4 is 17.7 Å². The Labute approximate surface area is 139 Å². The zero-order chi connectivity index (χ0) is 16.5. The fourth-order valence-electron chi connectivity index (χ4n) is 2.06. The molecular formula is C18H20FNO2S. The number of amides is 1. The Hall–Kier alpha value is -1.85. The van der Waals surface area contributed by atoms with E-state index in [2.05, 4.69) is 5.32 Å². The van der Waals surface area contributed by atoms with Gasteiger partial charge in [0, 0.05) is 11.4 Å². The zero-order valence-corrected chi connectivity index (χ0v) is 13.6. The van der Waals surface area contributed by atoms with E-state index in [9.17, 15) is 14.3 Å². The van der Waals surface area contributed by atoms with E-state index in [1.54, 1.807) is 36.0 Å². The molecule has 0 saturated heterocycles. The van der Waals surface area contributed by atoms with Gasteiger partial charge in [-0.15, -0.1) is 11.8 Å². The Bertz CT molecular complexity index is 604. The van der Waals surface area contributed by atoms with E-state index in [4.69, 9.17) is 0 Å². The van der Waals surface area contributed by atoms with Gasteiger partial charge in [-0.3, -0.25) is 4.79 Å². The van der Waals surface area contributed by atoms with Crippen LogP contribution in [0.3, 0.4) is 0 Å². The minimum absolute atomic E-state index is 0.0646. The van der Waals surface area contributed by atoms with Crippen LogP contribution in [0.2, 0.25) is 0 Å². The molecule has 2 aromatic carbocycles. The molecule has 5 heteroatoms. The molecule has 122 valence electrons. The summed E-state index contributed by atoms with van der Waals surface area (Å²) < 4.78 is 12.8. The third-order valence-corrected chi connectivity index (χ3v) is 4.39. The lowest BCUT2D eigenvalue weighted by Gasteiger charge is -2.11. The standard InChI is InChI=1S/C18H20FNO2S/c19-15-7-9-16(10-8-15)23-12-4-11-20-18(22)13-17(21)14-5-2-1-3-6-14/h1-3,5-10,17,21H,4,11-13H2,(H,20,22). The molecule has 0 aliphatic carbocycles. The highest BCUT2D eigenvalue weighted by molar-refractivity contribution is 7.99. The van der Waals surface area contributed by atoms with Crippen LogP contribution in [0.15, 0.2) is 59.5 Å². The number of thioether (sulfide) groups is 1. The third-order valence-electron chi connectivity index (χ3n) is 3.29. The Morgan fingerprint density at radius 1 is 1.13 bits per heavy atom. The quantitative estimate of drug-likeness (QED) is 0.574. The number of halogens is 1. The van der Waals surface area contributed by atoms with Crippen LogP contribution in [0, 0.1) is 5.82 Å². The van der Waals surface area contributed by atoms with Crippen LogP contribution in [0.5, 0.6) is 0 Å². The maximum atomic E-state index is 12.8. The molecule has 0 bridgehead atoms. The Kier molecular flexibility index (Phi) is 7.10. The summed E-state index contributed by atoms with van der Waals surface area (Å²) in [4.78, 5) is 12.8.